The number of hydrogen-bond donors (Lipinski definition) is 1. The maximum absolute atomic E-state index is 13.1. The Morgan fingerprint density at radius 3 is 2.35 bits per heavy atom. The summed E-state index contributed by atoms with van der Waals surface area (Å²) in [5.41, 5.74) is -0.208. The van der Waals surface area contributed by atoms with Gasteiger partial charge in [-0.25, -0.2) is 4.79 Å². The number of ether oxygens (including phenoxy) is 1. The van der Waals surface area contributed by atoms with Crippen LogP contribution in [0.2, 0.25) is 0 Å². The number of carbonyl (C=O) groups excluding carboxylic acids is 1. The zero-order valence-electron chi connectivity index (χ0n) is 10.9. The van der Waals surface area contributed by atoms with Gasteiger partial charge in [-0.15, -0.1) is 0 Å². The number of hydrogen-bond acceptors (Lipinski definition) is 4. The van der Waals surface area contributed by atoms with Crippen LogP contribution in [0, 0.1) is 0 Å². The van der Waals surface area contributed by atoms with Crippen molar-refractivity contribution in [2.75, 3.05) is 13.7 Å². The van der Waals surface area contributed by atoms with Gasteiger partial charge in [0.05, 0.1) is 13.7 Å². The van der Waals surface area contributed by atoms with Gasteiger partial charge in [0.15, 0.2) is 0 Å². The van der Waals surface area contributed by atoms with E-state index >= 15 is 0 Å². The van der Waals surface area contributed by atoms with Gasteiger partial charge < -0.3 is 9.26 Å². The lowest BCUT2D eigenvalue weighted by atomic mass is 10.4. The van der Waals surface area contributed by atoms with Crippen LogP contribution < -0.4 is 10.6 Å². The first-order chi connectivity index (χ1) is 9.45. The molecule has 8 heteroatoms. The number of nitrogens with one attached hydrogen (secondary N) is 1. The molecular formula is C12H14Cl2NO4P. The molecule has 20 heavy (non-hydrogen) atoms. The van der Waals surface area contributed by atoms with Crippen LogP contribution in [0.25, 0.3) is 0 Å². The van der Waals surface area contributed by atoms with E-state index in [9.17, 15) is 9.36 Å². The molecule has 0 aliphatic rings. The van der Waals surface area contributed by atoms with Crippen LogP contribution in [-0.2, 0) is 13.8 Å². The van der Waals surface area contributed by atoms with Crippen LogP contribution in [0.1, 0.15) is 6.92 Å². The van der Waals surface area contributed by atoms with Gasteiger partial charge in [-0.1, -0.05) is 41.4 Å². The summed E-state index contributed by atoms with van der Waals surface area (Å²) in [6.07, 6.45) is -0.838. The molecule has 0 bridgehead atoms. The minimum absolute atomic E-state index is 0.152. The summed E-state index contributed by atoms with van der Waals surface area (Å²) in [7, 11) is -2.43. The number of halogens is 2. The number of carbonyl (C=O) groups is 1. The first-order valence-electron chi connectivity index (χ1n) is 5.66. The third kappa shape index (κ3) is 4.00. The number of methoxy groups -OCH3 is 1. The van der Waals surface area contributed by atoms with Crippen molar-refractivity contribution in [3.8, 4) is 0 Å². The highest BCUT2D eigenvalue weighted by Gasteiger charge is 2.34. The van der Waals surface area contributed by atoms with Crippen molar-refractivity contribution in [3.63, 3.8) is 0 Å². The molecule has 1 rings (SSSR count). The second-order valence-corrected chi connectivity index (χ2v) is 6.80. The highest BCUT2D eigenvalue weighted by molar-refractivity contribution is 7.71. The topological polar surface area (TPSA) is 64.6 Å². The van der Waals surface area contributed by atoms with Gasteiger partial charge in [0.1, 0.15) is 9.93 Å². The molecule has 1 amide bonds. The van der Waals surface area contributed by atoms with Crippen molar-refractivity contribution in [1.82, 2.24) is 5.32 Å². The molecule has 0 unspecified atom stereocenters. The largest absolute Gasteiger partial charge is 0.453 e. The average molecular weight is 338 g/mol. The molecule has 0 spiro atoms. The predicted molar refractivity (Wildman–Crippen MR) is 79.6 cm³/mol. The monoisotopic (exact) mass is 337 g/mol. The van der Waals surface area contributed by atoms with Crippen LogP contribution in [0.4, 0.5) is 4.79 Å². The van der Waals surface area contributed by atoms with Gasteiger partial charge in [-0.3, -0.25) is 9.88 Å². The van der Waals surface area contributed by atoms with E-state index in [0.29, 0.717) is 5.30 Å². The molecule has 0 saturated heterocycles. The molecule has 110 valence electrons. The zero-order valence-corrected chi connectivity index (χ0v) is 13.3. The molecule has 0 aromatic heterocycles. The Hall–Kier alpha value is -1.00. The summed E-state index contributed by atoms with van der Waals surface area (Å²) in [6.45, 7) is 1.83. The number of benzene rings is 1. The second-order valence-electron chi connectivity index (χ2n) is 3.53. The van der Waals surface area contributed by atoms with Gasteiger partial charge in [0.25, 0.3) is 7.37 Å². The first-order valence-corrected chi connectivity index (χ1v) is 8.04. The van der Waals surface area contributed by atoms with E-state index in [2.05, 4.69) is 10.1 Å². The number of alkyl carbamates (subject to hydrolysis) is 1. The summed E-state index contributed by atoms with van der Waals surface area (Å²) in [6, 6.07) is 8.36. The van der Waals surface area contributed by atoms with Gasteiger partial charge in [-0.05, 0) is 19.1 Å². The molecule has 0 fully saturated rings. The van der Waals surface area contributed by atoms with Gasteiger partial charge >= 0.3 is 6.09 Å². The SMILES string of the molecule is CCO[P@](=O)(C(NC(=O)OC)=C(Cl)Cl)c1ccccc1. The third-order valence-corrected chi connectivity index (χ3v) is 5.45. The Kier molecular flexibility index (Phi) is 6.56. The summed E-state index contributed by atoms with van der Waals surface area (Å²) in [5.74, 6) is 0. The van der Waals surface area contributed by atoms with E-state index in [4.69, 9.17) is 27.7 Å². The fraction of sp³-hybridized carbons (Fsp3) is 0.250. The van der Waals surface area contributed by atoms with Crippen molar-refractivity contribution in [1.29, 1.82) is 0 Å². The quantitative estimate of drug-likeness (QED) is 0.834. The lowest BCUT2D eigenvalue weighted by Crippen LogP contribution is -2.26. The fourth-order valence-corrected chi connectivity index (χ4v) is 4.14. The lowest BCUT2D eigenvalue weighted by molar-refractivity contribution is 0.174. The van der Waals surface area contributed by atoms with Crippen LogP contribution in [0.5, 0.6) is 0 Å². The van der Waals surface area contributed by atoms with E-state index in [1.54, 1.807) is 37.3 Å². The molecule has 5 nitrogen and oxygen atoms in total. The van der Waals surface area contributed by atoms with Crippen LogP contribution in [0.15, 0.2) is 40.3 Å². The Labute approximate surface area is 127 Å². The second kappa shape index (κ2) is 7.70. The Balaban J connectivity index is 3.33. The first kappa shape index (κ1) is 17.1. The summed E-state index contributed by atoms with van der Waals surface area (Å²) in [4.78, 5) is 11.3. The molecule has 0 heterocycles. The fourth-order valence-electron chi connectivity index (χ4n) is 1.45. The summed E-state index contributed by atoms with van der Waals surface area (Å²) in [5, 5.41) is 2.62. The lowest BCUT2D eigenvalue weighted by Gasteiger charge is -2.21. The maximum Gasteiger partial charge on any atom is 0.411 e. The zero-order chi connectivity index (χ0) is 15.2. The van der Waals surface area contributed by atoms with Gasteiger partial charge in [0.2, 0.25) is 0 Å². The minimum atomic E-state index is -3.60. The Bertz CT molecular complexity index is 544. The van der Waals surface area contributed by atoms with Gasteiger partial charge in [-0.2, -0.15) is 0 Å². The molecule has 0 radical (unpaired) electrons. The van der Waals surface area contributed by atoms with Crippen molar-refractivity contribution < 1.29 is 18.6 Å². The molecule has 0 saturated carbocycles. The summed E-state index contributed by atoms with van der Waals surface area (Å²) < 4.78 is 22.5. The standard InChI is InChI=1S/C12H14Cl2NO4P/c1-3-19-20(17,9-7-5-4-6-8-9)11(10(13)14)15-12(16)18-2/h4-8H,3H2,1-2H3,(H,15,16)/t20-/m0/s1. The Morgan fingerprint density at radius 2 is 1.90 bits per heavy atom. The van der Waals surface area contributed by atoms with Crippen LogP contribution >= 0.6 is 30.6 Å². The van der Waals surface area contributed by atoms with Crippen molar-refractivity contribution in [2.45, 2.75) is 6.92 Å². The third-order valence-electron chi connectivity index (χ3n) is 2.29. The van der Waals surface area contributed by atoms with Crippen LogP contribution in [0.3, 0.4) is 0 Å². The van der Waals surface area contributed by atoms with Crippen LogP contribution in [-0.4, -0.2) is 19.8 Å². The van der Waals surface area contributed by atoms with Gasteiger partial charge in [0, 0.05) is 5.30 Å². The van der Waals surface area contributed by atoms with Crippen molar-refractivity contribution >= 4 is 42.0 Å². The number of amides is 1. The van der Waals surface area contributed by atoms with Crippen molar-refractivity contribution in [3.05, 3.63) is 40.3 Å². The normalized spacial score (nSPS) is 13.2. The summed E-state index contributed by atoms with van der Waals surface area (Å²) >= 11 is 11.5. The van der Waals surface area contributed by atoms with Crippen molar-refractivity contribution in [2.24, 2.45) is 0 Å². The molecule has 1 aromatic rings. The van der Waals surface area contributed by atoms with E-state index in [1.165, 1.54) is 7.11 Å². The maximum atomic E-state index is 13.1. The highest BCUT2D eigenvalue weighted by Crippen LogP contribution is 2.54. The minimum Gasteiger partial charge on any atom is -0.453 e. The molecule has 1 aromatic carbocycles. The molecule has 1 atom stereocenters. The predicted octanol–water partition coefficient (Wildman–Crippen LogP) is 3.59. The van der Waals surface area contributed by atoms with E-state index in [0.717, 1.165) is 0 Å². The average Bonchev–Trinajstić information content (AvgIpc) is 2.45. The smallest absolute Gasteiger partial charge is 0.411 e. The van der Waals surface area contributed by atoms with E-state index < -0.39 is 13.5 Å². The molecular weight excluding hydrogens is 324 g/mol. The Morgan fingerprint density at radius 1 is 1.30 bits per heavy atom. The molecule has 0 aliphatic heterocycles. The highest BCUT2D eigenvalue weighted by atomic mass is 35.5. The molecule has 1 N–H and O–H groups in total. The molecule has 0 aliphatic carbocycles. The van der Waals surface area contributed by atoms with E-state index in [-0.39, 0.29) is 16.5 Å². The number of rotatable bonds is 5. The van der Waals surface area contributed by atoms with E-state index in [1.807, 2.05) is 0 Å².